The fourth-order valence-electron chi connectivity index (χ4n) is 2.83. The Morgan fingerprint density at radius 2 is 1.95 bits per heavy atom. The van der Waals surface area contributed by atoms with Gasteiger partial charge >= 0.3 is 0 Å². The molecule has 2 atom stereocenters. The molecular weight excluding hydrogens is 288 g/mol. The smallest absolute Gasteiger partial charge is 0.237 e. The first-order valence-electron chi connectivity index (χ1n) is 6.74. The van der Waals surface area contributed by atoms with Crippen LogP contribution in [-0.2, 0) is 14.6 Å². The average Bonchev–Trinajstić information content (AvgIpc) is 2.56. The molecule has 1 N–H and O–H groups in total. The second kappa shape index (κ2) is 6.90. The van der Waals surface area contributed by atoms with Gasteiger partial charge in [-0.25, -0.2) is 8.42 Å². The van der Waals surface area contributed by atoms with E-state index < -0.39 is 9.84 Å². The number of hydrogen-bond donors (Lipinski definition) is 1. The van der Waals surface area contributed by atoms with E-state index in [4.69, 9.17) is 0 Å². The molecule has 0 aromatic heterocycles. The van der Waals surface area contributed by atoms with Crippen molar-refractivity contribution in [2.24, 2.45) is 0 Å². The van der Waals surface area contributed by atoms with Crippen LogP contribution in [-0.4, -0.2) is 55.9 Å². The second-order valence-corrected chi connectivity index (χ2v) is 7.54. The zero-order valence-electron chi connectivity index (χ0n) is 11.3. The lowest BCUT2D eigenvalue weighted by Gasteiger charge is -2.24. The van der Waals surface area contributed by atoms with E-state index in [1.54, 1.807) is 4.90 Å². The Balaban J connectivity index is 0.00000180. The highest BCUT2D eigenvalue weighted by atomic mass is 35.5. The average molecular weight is 311 g/mol. The predicted molar refractivity (Wildman–Crippen MR) is 77.3 cm³/mol. The van der Waals surface area contributed by atoms with Gasteiger partial charge in [-0.3, -0.25) is 4.79 Å². The summed E-state index contributed by atoms with van der Waals surface area (Å²) < 4.78 is 23.3. The van der Waals surface area contributed by atoms with Crippen LogP contribution in [0.4, 0.5) is 0 Å². The monoisotopic (exact) mass is 310 g/mol. The van der Waals surface area contributed by atoms with Crippen molar-refractivity contribution in [1.82, 2.24) is 10.2 Å². The molecule has 2 saturated heterocycles. The molecule has 2 fully saturated rings. The molecule has 1 amide bonds. The second-order valence-electron chi connectivity index (χ2n) is 5.36. The summed E-state index contributed by atoms with van der Waals surface area (Å²) in [7, 11) is -3.22. The van der Waals surface area contributed by atoms with Crippen molar-refractivity contribution in [3.05, 3.63) is 0 Å². The Morgan fingerprint density at radius 1 is 1.26 bits per heavy atom. The molecule has 2 bridgehead atoms. The Morgan fingerprint density at radius 3 is 2.63 bits per heavy atom. The molecule has 19 heavy (non-hydrogen) atoms. The predicted octanol–water partition coefficient (Wildman–Crippen LogP) is 0.586. The van der Waals surface area contributed by atoms with Gasteiger partial charge in [-0.1, -0.05) is 6.92 Å². The molecule has 0 spiro atoms. The van der Waals surface area contributed by atoms with Crippen LogP contribution in [0.15, 0.2) is 0 Å². The third kappa shape index (κ3) is 4.61. The Labute approximate surface area is 121 Å². The summed E-state index contributed by atoms with van der Waals surface area (Å²) in [4.78, 5) is 13.8. The largest absolute Gasteiger partial charge is 0.340 e. The maximum absolute atomic E-state index is 12.0. The first-order valence-corrected chi connectivity index (χ1v) is 8.56. The number of sulfone groups is 1. The lowest BCUT2D eigenvalue weighted by Crippen LogP contribution is -2.41. The van der Waals surface area contributed by atoms with Crippen molar-refractivity contribution in [2.45, 2.75) is 44.7 Å². The molecule has 2 aliphatic heterocycles. The van der Waals surface area contributed by atoms with Crippen LogP contribution in [0.5, 0.6) is 0 Å². The number of likely N-dealkylation sites (tertiary alicyclic amines) is 1. The Hall–Kier alpha value is -0.330. The van der Waals surface area contributed by atoms with Gasteiger partial charge < -0.3 is 10.2 Å². The third-order valence-electron chi connectivity index (χ3n) is 3.73. The van der Waals surface area contributed by atoms with E-state index in [9.17, 15) is 13.2 Å². The van der Waals surface area contributed by atoms with E-state index in [2.05, 4.69) is 5.32 Å². The van der Waals surface area contributed by atoms with Crippen LogP contribution in [0.2, 0.25) is 0 Å². The first-order chi connectivity index (χ1) is 8.50. The van der Waals surface area contributed by atoms with E-state index in [1.165, 1.54) is 6.42 Å². The highest BCUT2D eigenvalue weighted by molar-refractivity contribution is 7.92. The minimum absolute atomic E-state index is 0. The molecule has 2 aliphatic rings. The molecule has 0 radical (unpaired) electrons. The number of nitrogens with one attached hydrogen (secondary N) is 1. The number of halogens is 1. The summed E-state index contributed by atoms with van der Waals surface area (Å²) in [6.07, 6.45) is 3.79. The van der Waals surface area contributed by atoms with Crippen LogP contribution in [0, 0.1) is 0 Å². The molecule has 0 aliphatic carbocycles. The van der Waals surface area contributed by atoms with Crippen molar-refractivity contribution >= 4 is 28.2 Å². The molecule has 2 unspecified atom stereocenters. The SMILES string of the molecule is CCCS(=O)(=O)CC(=O)N1CCC2CCC(C1)N2.Cl. The van der Waals surface area contributed by atoms with Crippen molar-refractivity contribution in [1.29, 1.82) is 0 Å². The summed E-state index contributed by atoms with van der Waals surface area (Å²) in [5.74, 6) is -0.437. The van der Waals surface area contributed by atoms with Gasteiger partial charge in [-0.2, -0.15) is 0 Å². The lowest BCUT2D eigenvalue weighted by atomic mass is 10.1. The molecule has 0 saturated carbocycles. The molecule has 112 valence electrons. The van der Waals surface area contributed by atoms with Gasteiger partial charge in [-0.05, 0) is 25.7 Å². The van der Waals surface area contributed by atoms with Gasteiger partial charge in [0.25, 0.3) is 0 Å². The van der Waals surface area contributed by atoms with Crippen molar-refractivity contribution in [3.8, 4) is 0 Å². The normalized spacial score (nSPS) is 26.7. The topological polar surface area (TPSA) is 66.5 Å². The molecular formula is C12H23ClN2O3S. The summed E-state index contributed by atoms with van der Waals surface area (Å²) >= 11 is 0. The first kappa shape index (κ1) is 16.7. The quantitative estimate of drug-likeness (QED) is 0.825. The number of fused-ring (bicyclic) bond motifs is 2. The molecule has 2 rings (SSSR count). The third-order valence-corrected chi connectivity index (χ3v) is 5.45. The molecule has 5 nitrogen and oxygen atoms in total. The fraction of sp³-hybridized carbons (Fsp3) is 0.917. The van der Waals surface area contributed by atoms with Crippen LogP contribution in [0.3, 0.4) is 0 Å². The summed E-state index contributed by atoms with van der Waals surface area (Å²) in [6.45, 7) is 3.17. The van der Waals surface area contributed by atoms with Gasteiger partial charge in [0.05, 0.1) is 5.75 Å². The lowest BCUT2D eigenvalue weighted by molar-refractivity contribution is -0.128. The summed E-state index contributed by atoms with van der Waals surface area (Å²) in [5, 5.41) is 3.48. The number of carbonyl (C=O) groups is 1. The highest BCUT2D eigenvalue weighted by Gasteiger charge is 2.32. The number of amides is 1. The van der Waals surface area contributed by atoms with Crippen LogP contribution >= 0.6 is 12.4 Å². The maximum Gasteiger partial charge on any atom is 0.237 e. The maximum atomic E-state index is 12.0. The number of hydrogen-bond acceptors (Lipinski definition) is 4. The van der Waals surface area contributed by atoms with E-state index in [0.717, 1.165) is 12.8 Å². The van der Waals surface area contributed by atoms with Crippen LogP contribution in [0.25, 0.3) is 0 Å². The zero-order valence-corrected chi connectivity index (χ0v) is 12.9. The number of nitrogens with zero attached hydrogens (tertiary/aromatic N) is 1. The van der Waals surface area contributed by atoms with Gasteiger partial charge in [0.15, 0.2) is 9.84 Å². The molecule has 2 heterocycles. The summed E-state index contributed by atoms with van der Waals surface area (Å²) in [5.41, 5.74) is 0. The van der Waals surface area contributed by atoms with Crippen molar-refractivity contribution < 1.29 is 13.2 Å². The van der Waals surface area contributed by atoms with E-state index in [1.807, 2.05) is 6.92 Å². The highest BCUT2D eigenvalue weighted by Crippen LogP contribution is 2.20. The zero-order chi connectivity index (χ0) is 13.2. The van der Waals surface area contributed by atoms with E-state index in [-0.39, 0.29) is 29.8 Å². The van der Waals surface area contributed by atoms with E-state index in [0.29, 0.717) is 31.6 Å². The van der Waals surface area contributed by atoms with Gasteiger partial charge in [0.2, 0.25) is 5.91 Å². The number of carbonyl (C=O) groups excluding carboxylic acids is 1. The Bertz CT molecular complexity index is 413. The van der Waals surface area contributed by atoms with Gasteiger partial charge in [0.1, 0.15) is 5.75 Å². The number of rotatable bonds is 4. The van der Waals surface area contributed by atoms with Crippen molar-refractivity contribution in [2.75, 3.05) is 24.6 Å². The van der Waals surface area contributed by atoms with Gasteiger partial charge in [-0.15, -0.1) is 12.4 Å². The summed E-state index contributed by atoms with van der Waals surface area (Å²) in [6, 6.07) is 0.871. The minimum Gasteiger partial charge on any atom is -0.340 e. The molecule has 7 heteroatoms. The molecule has 0 aromatic rings. The van der Waals surface area contributed by atoms with E-state index >= 15 is 0 Å². The van der Waals surface area contributed by atoms with Crippen molar-refractivity contribution in [3.63, 3.8) is 0 Å². The van der Waals surface area contributed by atoms with Gasteiger partial charge in [0, 0.05) is 25.2 Å². The minimum atomic E-state index is -3.22. The fourth-order valence-corrected chi connectivity index (χ4v) is 4.16. The van der Waals surface area contributed by atoms with Crippen LogP contribution < -0.4 is 5.32 Å². The molecule has 0 aromatic carbocycles. The van der Waals surface area contributed by atoms with Crippen LogP contribution in [0.1, 0.15) is 32.6 Å². The standard InChI is InChI=1S/C12H22N2O3S.ClH/c1-2-7-18(16,17)9-12(15)14-6-5-10-3-4-11(8-14)13-10;/h10-11,13H,2-9H2,1H3;1H. The Kier molecular flexibility index (Phi) is 6.08.